The molecule has 0 bridgehead atoms. The van der Waals surface area contributed by atoms with Gasteiger partial charge >= 0.3 is 0 Å². The van der Waals surface area contributed by atoms with E-state index in [0.29, 0.717) is 17.5 Å². The quantitative estimate of drug-likeness (QED) is 0.196. The lowest BCUT2D eigenvalue weighted by atomic mass is 9.91. The Labute approximate surface area is 256 Å². The maximum atomic E-state index is 5.11. The Kier molecular flexibility index (Phi) is 6.47. The highest BCUT2D eigenvalue weighted by atomic mass is 15.0. The van der Waals surface area contributed by atoms with E-state index < -0.39 is 0 Å². The van der Waals surface area contributed by atoms with Crippen molar-refractivity contribution in [1.29, 1.82) is 0 Å². The molecule has 3 heteroatoms. The molecular weight excluding hydrogens is 534 g/mol. The van der Waals surface area contributed by atoms with Gasteiger partial charge in [0.05, 0.1) is 0 Å². The fourth-order valence-electron chi connectivity index (χ4n) is 5.98. The number of hydrogen-bond donors (Lipinski definition) is 0. The molecule has 0 unspecified atom stereocenters. The molecule has 206 valence electrons. The fraction of sp³-hybridized carbons (Fsp3) is 0. The molecule has 1 aromatic heterocycles. The summed E-state index contributed by atoms with van der Waals surface area (Å²) in [4.78, 5) is 15.2. The normalized spacial score (nSPS) is 11.2. The summed E-state index contributed by atoms with van der Waals surface area (Å²) >= 11 is 0. The second kappa shape index (κ2) is 11.0. The molecule has 44 heavy (non-hydrogen) atoms. The monoisotopic (exact) mass is 561 g/mol. The molecule has 0 aliphatic heterocycles. The Morgan fingerprint density at radius 3 is 1.50 bits per heavy atom. The van der Waals surface area contributed by atoms with Crippen molar-refractivity contribution in [3.8, 4) is 56.4 Å². The van der Waals surface area contributed by atoms with E-state index in [1.165, 1.54) is 27.1 Å². The molecule has 0 spiro atoms. The van der Waals surface area contributed by atoms with E-state index in [4.69, 9.17) is 15.0 Å². The van der Waals surface area contributed by atoms with Crippen LogP contribution in [0.2, 0.25) is 0 Å². The van der Waals surface area contributed by atoms with E-state index in [-0.39, 0.29) is 0 Å². The predicted molar refractivity (Wildman–Crippen MR) is 182 cm³/mol. The van der Waals surface area contributed by atoms with Gasteiger partial charge < -0.3 is 0 Å². The molecule has 8 aromatic rings. The van der Waals surface area contributed by atoms with Crippen LogP contribution in [0.15, 0.2) is 164 Å². The summed E-state index contributed by atoms with van der Waals surface area (Å²) in [7, 11) is 0. The SMILES string of the molecule is c1ccc(-c2ccc(-c3nc(-c4ccccc4)nc(-c4ccccc4-c4cccc5ccc6ccccc6c45)n3)cc2)cc1. The molecule has 0 fully saturated rings. The molecule has 0 saturated heterocycles. The van der Waals surface area contributed by atoms with Gasteiger partial charge in [-0.2, -0.15) is 0 Å². The molecule has 0 amide bonds. The minimum absolute atomic E-state index is 0.645. The third kappa shape index (κ3) is 4.71. The van der Waals surface area contributed by atoms with Gasteiger partial charge in [-0.3, -0.25) is 0 Å². The van der Waals surface area contributed by atoms with Crippen LogP contribution in [0.4, 0.5) is 0 Å². The summed E-state index contributed by atoms with van der Waals surface area (Å²) in [6.07, 6.45) is 0. The third-order valence-electron chi connectivity index (χ3n) is 8.15. The highest BCUT2D eigenvalue weighted by Crippen LogP contribution is 2.39. The number of aromatic nitrogens is 3. The zero-order valence-corrected chi connectivity index (χ0v) is 23.9. The molecule has 8 rings (SSSR count). The summed E-state index contributed by atoms with van der Waals surface area (Å²) in [6.45, 7) is 0. The average Bonchev–Trinajstić information content (AvgIpc) is 3.12. The van der Waals surface area contributed by atoms with Crippen LogP contribution in [-0.2, 0) is 0 Å². The van der Waals surface area contributed by atoms with Crippen molar-refractivity contribution in [2.45, 2.75) is 0 Å². The van der Waals surface area contributed by atoms with Crippen LogP contribution in [0.5, 0.6) is 0 Å². The van der Waals surface area contributed by atoms with Gasteiger partial charge in [0.1, 0.15) is 0 Å². The maximum Gasteiger partial charge on any atom is 0.164 e. The first-order valence-electron chi connectivity index (χ1n) is 14.8. The van der Waals surface area contributed by atoms with Crippen molar-refractivity contribution >= 4 is 21.5 Å². The van der Waals surface area contributed by atoms with Gasteiger partial charge in [0, 0.05) is 16.7 Å². The Balaban J connectivity index is 1.33. The molecule has 0 atom stereocenters. The van der Waals surface area contributed by atoms with Gasteiger partial charge in [-0.15, -0.1) is 0 Å². The van der Waals surface area contributed by atoms with E-state index in [1.54, 1.807) is 0 Å². The predicted octanol–water partition coefficient (Wildman–Crippen LogP) is 10.5. The van der Waals surface area contributed by atoms with Gasteiger partial charge in [-0.25, -0.2) is 15.0 Å². The highest BCUT2D eigenvalue weighted by molar-refractivity contribution is 6.15. The number of benzene rings is 7. The van der Waals surface area contributed by atoms with Crippen molar-refractivity contribution in [2.24, 2.45) is 0 Å². The van der Waals surface area contributed by atoms with E-state index >= 15 is 0 Å². The topological polar surface area (TPSA) is 38.7 Å². The van der Waals surface area contributed by atoms with Crippen LogP contribution in [0.3, 0.4) is 0 Å². The third-order valence-corrected chi connectivity index (χ3v) is 8.15. The molecule has 0 aliphatic carbocycles. The summed E-state index contributed by atoms with van der Waals surface area (Å²) in [6, 6.07) is 56.9. The minimum Gasteiger partial charge on any atom is -0.208 e. The molecule has 7 aromatic carbocycles. The van der Waals surface area contributed by atoms with Crippen molar-refractivity contribution in [2.75, 3.05) is 0 Å². The van der Waals surface area contributed by atoms with Crippen LogP contribution < -0.4 is 0 Å². The second-order valence-corrected chi connectivity index (χ2v) is 10.9. The maximum absolute atomic E-state index is 5.11. The first-order valence-corrected chi connectivity index (χ1v) is 14.8. The summed E-state index contributed by atoms with van der Waals surface area (Å²) in [5.41, 5.74) is 7.44. The van der Waals surface area contributed by atoms with Gasteiger partial charge in [0.25, 0.3) is 0 Å². The van der Waals surface area contributed by atoms with Gasteiger partial charge in [-0.05, 0) is 43.8 Å². The Morgan fingerprint density at radius 2 is 0.750 bits per heavy atom. The largest absolute Gasteiger partial charge is 0.208 e. The van der Waals surface area contributed by atoms with Gasteiger partial charge in [-0.1, -0.05) is 164 Å². The fourth-order valence-corrected chi connectivity index (χ4v) is 5.98. The Bertz CT molecular complexity index is 2260. The summed E-state index contributed by atoms with van der Waals surface area (Å²) in [5.74, 6) is 1.94. The summed E-state index contributed by atoms with van der Waals surface area (Å²) < 4.78 is 0. The lowest BCUT2D eigenvalue weighted by Crippen LogP contribution is -2.01. The zero-order chi connectivity index (χ0) is 29.3. The van der Waals surface area contributed by atoms with Crippen LogP contribution in [0, 0.1) is 0 Å². The molecule has 1 heterocycles. The lowest BCUT2D eigenvalue weighted by Gasteiger charge is -2.15. The van der Waals surface area contributed by atoms with Gasteiger partial charge in [0.15, 0.2) is 17.5 Å². The second-order valence-electron chi connectivity index (χ2n) is 10.9. The number of nitrogens with zero attached hydrogens (tertiary/aromatic N) is 3. The van der Waals surface area contributed by atoms with E-state index in [2.05, 4.69) is 127 Å². The number of fused-ring (bicyclic) bond motifs is 3. The van der Waals surface area contributed by atoms with E-state index in [0.717, 1.165) is 33.4 Å². The van der Waals surface area contributed by atoms with Gasteiger partial charge in [0.2, 0.25) is 0 Å². The van der Waals surface area contributed by atoms with Crippen LogP contribution in [0.25, 0.3) is 78.0 Å². The van der Waals surface area contributed by atoms with E-state index in [9.17, 15) is 0 Å². The molecular formula is C41H27N3. The van der Waals surface area contributed by atoms with Crippen LogP contribution in [0.1, 0.15) is 0 Å². The van der Waals surface area contributed by atoms with Crippen molar-refractivity contribution < 1.29 is 0 Å². The summed E-state index contributed by atoms with van der Waals surface area (Å²) in [5, 5.41) is 4.89. The van der Waals surface area contributed by atoms with E-state index in [1.807, 2.05) is 36.4 Å². The first-order chi connectivity index (χ1) is 21.8. The number of rotatable bonds is 5. The number of hydrogen-bond acceptors (Lipinski definition) is 3. The van der Waals surface area contributed by atoms with Crippen molar-refractivity contribution in [3.63, 3.8) is 0 Å². The molecule has 0 radical (unpaired) electrons. The average molecular weight is 562 g/mol. The standard InChI is InChI=1S/C41H27N3/c1-3-12-28(13-4-1)29-22-26-33(27-23-29)40-42-39(32-15-5-2-6-16-32)43-41(44-40)37-20-10-9-19-35(37)36-21-11-17-31-25-24-30-14-7-8-18-34(30)38(31)36/h1-27H. The molecule has 0 aliphatic rings. The Hall–Kier alpha value is -5.93. The Morgan fingerprint density at radius 1 is 0.273 bits per heavy atom. The molecule has 3 nitrogen and oxygen atoms in total. The van der Waals surface area contributed by atoms with Crippen molar-refractivity contribution in [1.82, 2.24) is 15.0 Å². The lowest BCUT2D eigenvalue weighted by molar-refractivity contribution is 1.07. The smallest absolute Gasteiger partial charge is 0.164 e. The van der Waals surface area contributed by atoms with Crippen LogP contribution in [-0.4, -0.2) is 15.0 Å². The highest BCUT2D eigenvalue weighted by Gasteiger charge is 2.17. The minimum atomic E-state index is 0.645. The zero-order valence-electron chi connectivity index (χ0n) is 23.9. The van der Waals surface area contributed by atoms with Crippen molar-refractivity contribution in [3.05, 3.63) is 164 Å². The first kappa shape index (κ1) is 25.8. The van der Waals surface area contributed by atoms with Crippen LogP contribution >= 0.6 is 0 Å². The molecule has 0 N–H and O–H groups in total. The molecule has 0 saturated carbocycles.